The first-order valence-electron chi connectivity index (χ1n) is 11.1. The second-order valence-corrected chi connectivity index (χ2v) is 23.5. The van der Waals surface area contributed by atoms with Gasteiger partial charge in [-0.1, -0.05) is 52.9 Å². The molecule has 7 N–H and O–H groups in total. The Morgan fingerprint density at radius 3 is 1.31 bits per heavy atom. The molecule has 0 aromatic carbocycles. The fraction of sp³-hybridized carbons (Fsp3) is 0.762. The minimum atomic E-state index is -0.970. The quantitative estimate of drug-likeness (QED) is 0.143. The van der Waals surface area contributed by atoms with E-state index >= 15 is 0 Å². The van der Waals surface area contributed by atoms with Crippen LogP contribution >= 0.6 is 37.2 Å². The zero-order chi connectivity index (χ0) is 28.4. The maximum absolute atomic E-state index is 10.5. The Morgan fingerprint density at radius 2 is 1.06 bits per heavy atom. The van der Waals surface area contributed by atoms with Crippen molar-refractivity contribution in [1.29, 1.82) is 0 Å². The number of carboxylic acid groups (broad SMARTS) is 3. The Kier molecular flexibility index (Phi) is 35.4. The fourth-order valence-corrected chi connectivity index (χ4v) is 2.25. The predicted molar refractivity (Wildman–Crippen MR) is 148 cm³/mol. The Hall–Kier alpha value is -0.500. The van der Waals surface area contributed by atoms with Gasteiger partial charge in [-0.05, 0) is 19.3 Å². The molecule has 0 saturated heterocycles. The first-order chi connectivity index (χ1) is 16.2. The number of hydrogen-bond donors (Lipinski definition) is 6. The molecule has 0 bridgehead atoms. The molecular formula is C21H41I3N3O8-. The number of halogens is 3. The van der Waals surface area contributed by atoms with E-state index < -0.39 is 36.0 Å². The number of carbonyl (C=O) groups is 5. The number of rotatable bonds is 13. The second kappa shape index (κ2) is 29.7. The summed E-state index contributed by atoms with van der Waals surface area (Å²) in [6.45, 7) is 8.49. The van der Waals surface area contributed by atoms with Crippen LogP contribution in [0.3, 0.4) is 0 Å². The Morgan fingerprint density at radius 1 is 0.714 bits per heavy atom. The molecule has 0 spiro atoms. The van der Waals surface area contributed by atoms with Crippen molar-refractivity contribution in [2.24, 2.45) is 5.73 Å². The number of nitrogens with one attached hydrogen (secondary N) is 2. The molecule has 2 amide bonds. The van der Waals surface area contributed by atoms with Crippen LogP contribution < -0.4 is 29.6 Å². The maximum atomic E-state index is 10.5. The standard InChI is InChI=1S/C8H15NO3.C7H13NO3.C6H13NO2.I3/c1-3-4-5-7(8(11)12)9-6(2)10;1-3-4-6(7(10)11)8-5(2)9;1-2-3-4-5(7)6(8)9;1-3-2/h7H,3-5H2,1-2H3,(H,9,10)(H,11,12);6H,3-4H2,1-2H3,(H,8,9)(H,10,11);5H,2-4,7H2,1H3,(H,8,9);/q;;;-1. The fourth-order valence-electron chi connectivity index (χ4n) is 2.25. The molecule has 0 aromatic rings. The second-order valence-electron chi connectivity index (χ2n) is 7.25. The Balaban J connectivity index is -0.000000196. The van der Waals surface area contributed by atoms with Crippen LogP contribution in [0.1, 0.15) is 86.0 Å². The van der Waals surface area contributed by atoms with Crippen LogP contribution in [0.25, 0.3) is 0 Å². The molecule has 0 aliphatic carbocycles. The van der Waals surface area contributed by atoms with Gasteiger partial charge in [0.15, 0.2) is 0 Å². The molecule has 3 atom stereocenters. The molecule has 0 aromatic heterocycles. The van der Waals surface area contributed by atoms with Crippen molar-refractivity contribution in [2.45, 2.75) is 104 Å². The normalized spacial score (nSPS) is 12.0. The molecule has 0 radical (unpaired) electrons. The molecule has 0 heterocycles. The van der Waals surface area contributed by atoms with E-state index in [0.717, 1.165) is 32.1 Å². The van der Waals surface area contributed by atoms with Crippen molar-refractivity contribution in [3.05, 3.63) is 0 Å². The van der Waals surface area contributed by atoms with E-state index in [4.69, 9.17) is 21.1 Å². The van der Waals surface area contributed by atoms with Crippen molar-refractivity contribution in [1.82, 2.24) is 10.6 Å². The van der Waals surface area contributed by atoms with Gasteiger partial charge in [0, 0.05) is 13.8 Å². The summed E-state index contributed by atoms with van der Waals surface area (Å²) in [6, 6.07) is -2.11. The summed E-state index contributed by atoms with van der Waals surface area (Å²) in [5.74, 6) is -3.42. The number of aliphatic carboxylic acids is 3. The molecule has 210 valence electrons. The number of nitrogens with two attached hydrogens (primary N) is 1. The average Bonchev–Trinajstić information content (AvgIpc) is 2.75. The van der Waals surface area contributed by atoms with Crippen LogP contribution in [-0.2, 0) is 24.0 Å². The molecule has 11 nitrogen and oxygen atoms in total. The SMILES string of the molecule is CCCC(NC(C)=O)C(=O)O.CCCCC(N)C(=O)O.CCCCC(NC(C)=O)C(=O)O.I[I-]I. The van der Waals surface area contributed by atoms with Crippen molar-refractivity contribution in [3.8, 4) is 0 Å². The van der Waals surface area contributed by atoms with Crippen LogP contribution in [0.5, 0.6) is 0 Å². The zero-order valence-electron chi connectivity index (χ0n) is 21.0. The van der Waals surface area contributed by atoms with E-state index in [1.165, 1.54) is 13.8 Å². The number of unbranched alkanes of at least 4 members (excludes halogenated alkanes) is 2. The molecule has 14 heteroatoms. The number of carbonyl (C=O) groups excluding carboxylic acids is 2. The number of carboxylic acids is 3. The summed E-state index contributed by atoms with van der Waals surface area (Å²) in [4.78, 5) is 52.0. The van der Waals surface area contributed by atoms with Crippen LogP contribution in [0, 0.1) is 0 Å². The molecule has 3 unspecified atom stereocenters. The molecule has 0 aliphatic heterocycles. The summed E-state index contributed by atoms with van der Waals surface area (Å²) in [5, 5.41) is 30.2. The van der Waals surface area contributed by atoms with E-state index in [1.54, 1.807) is 0 Å². The summed E-state index contributed by atoms with van der Waals surface area (Å²) < 4.78 is 0. The Labute approximate surface area is 238 Å². The van der Waals surface area contributed by atoms with Crippen LogP contribution in [-0.4, -0.2) is 63.2 Å². The van der Waals surface area contributed by atoms with Gasteiger partial charge < -0.3 is 31.7 Å². The van der Waals surface area contributed by atoms with Gasteiger partial charge in [0.1, 0.15) is 18.1 Å². The summed E-state index contributed by atoms with van der Waals surface area (Å²) >= 11 is 5.30. The monoisotopic (exact) mass is 844 g/mol. The number of amides is 2. The van der Waals surface area contributed by atoms with Gasteiger partial charge in [-0.3, -0.25) is 14.4 Å². The van der Waals surface area contributed by atoms with Crippen molar-refractivity contribution >= 4 is 67.0 Å². The van der Waals surface area contributed by atoms with Crippen LogP contribution in [0.2, 0.25) is 0 Å². The predicted octanol–water partition coefficient (Wildman–Crippen LogP) is 0.506. The third-order valence-electron chi connectivity index (χ3n) is 3.96. The average molecular weight is 844 g/mol. The first kappa shape index (κ1) is 41.6. The van der Waals surface area contributed by atoms with Gasteiger partial charge in [0.25, 0.3) is 0 Å². The third-order valence-corrected chi connectivity index (χ3v) is 3.96. The van der Waals surface area contributed by atoms with Crippen LogP contribution in [0.4, 0.5) is 0 Å². The zero-order valence-corrected chi connectivity index (χ0v) is 27.5. The van der Waals surface area contributed by atoms with E-state index in [2.05, 4.69) is 47.9 Å². The summed E-state index contributed by atoms with van der Waals surface area (Å²) in [7, 11) is 0. The van der Waals surface area contributed by atoms with E-state index in [-0.39, 0.29) is 11.8 Å². The van der Waals surface area contributed by atoms with Gasteiger partial charge in [-0.2, -0.15) is 0 Å². The molecule has 0 rings (SSSR count). The van der Waals surface area contributed by atoms with Gasteiger partial charge in [-0.25, -0.2) is 9.59 Å². The third kappa shape index (κ3) is 35.7. The van der Waals surface area contributed by atoms with Crippen LogP contribution in [0.15, 0.2) is 0 Å². The van der Waals surface area contributed by atoms with Gasteiger partial charge >= 0.3 is 68.4 Å². The Bertz CT molecular complexity index is 598. The molecule has 35 heavy (non-hydrogen) atoms. The van der Waals surface area contributed by atoms with E-state index in [1.807, 2.05) is 20.8 Å². The minimum absolute atomic E-state index is 0.293. The van der Waals surface area contributed by atoms with Crippen molar-refractivity contribution in [3.63, 3.8) is 0 Å². The molecule has 0 aliphatic rings. The van der Waals surface area contributed by atoms with Crippen molar-refractivity contribution < 1.29 is 52.5 Å². The van der Waals surface area contributed by atoms with Gasteiger partial charge in [-0.15, -0.1) is 0 Å². The van der Waals surface area contributed by atoms with E-state index in [0.29, 0.717) is 32.5 Å². The molecule has 0 saturated carbocycles. The topological polar surface area (TPSA) is 196 Å². The summed E-state index contributed by atoms with van der Waals surface area (Å²) in [6.07, 6.45) is 5.97. The molecule has 0 fully saturated rings. The molecular weight excluding hydrogens is 803 g/mol. The van der Waals surface area contributed by atoms with Crippen molar-refractivity contribution in [2.75, 3.05) is 0 Å². The first-order valence-corrected chi connectivity index (χ1v) is 23.7. The summed E-state index contributed by atoms with van der Waals surface area (Å²) in [5.41, 5.74) is 5.20. The van der Waals surface area contributed by atoms with E-state index in [9.17, 15) is 24.0 Å². The van der Waals surface area contributed by atoms with Gasteiger partial charge in [0.05, 0.1) is 0 Å². The number of hydrogen-bond acceptors (Lipinski definition) is 6. The van der Waals surface area contributed by atoms with Gasteiger partial charge in [0.2, 0.25) is 11.8 Å².